The molecule has 3 heteroatoms. The van der Waals surface area contributed by atoms with Crippen LogP contribution in [0.1, 0.15) is 87.2 Å². The van der Waals surface area contributed by atoms with Crippen molar-refractivity contribution in [3.63, 3.8) is 0 Å². The smallest absolute Gasteiger partial charge is 0.138 e. The summed E-state index contributed by atoms with van der Waals surface area (Å²) in [6.07, 6.45) is 12.4. The molecule has 2 nitrogen and oxygen atoms in total. The maximum atomic E-state index is 10.9. The molecule has 0 aromatic heterocycles. The van der Waals surface area contributed by atoms with Gasteiger partial charge in [0.1, 0.15) is 11.2 Å². The van der Waals surface area contributed by atoms with Gasteiger partial charge in [-0.1, -0.05) is 38.5 Å². The third-order valence-corrected chi connectivity index (χ3v) is 5.96. The van der Waals surface area contributed by atoms with Crippen LogP contribution in [0.5, 0.6) is 5.75 Å². The van der Waals surface area contributed by atoms with Crippen LogP contribution < -0.4 is 0 Å². The number of phenols is 1. The Morgan fingerprint density at radius 3 is 1.73 bits per heavy atom. The van der Waals surface area contributed by atoms with Gasteiger partial charge < -0.3 is 5.11 Å². The van der Waals surface area contributed by atoms with E-state index in [1.165, 1.54) is 76.0 Å². The van der Waals surface area contributed by atoms with E-state index >= 15 is 0 Å². The molecule has 2 aliphatic rings. The molecule has 2 saturated carbocycles. The zero-order chi connectivity index (χ0) is 15.4. The number of benzene rings is 1. The molecule has 118 valence electrons. The van der Waals surface area contributed by atoms with Crippen molar-refractivity contribution in [1.82, 2.24) is 0 Å². The van der Waals surface area contributed by atoms with Crippen LogP contribution in [0.2, 0.25) is 0 Å². The van der Waals surface area contributed by atoms with Gasteiger partial charge in [-0.15, -0.1) is 0 Å². The molecule has 22 heavy (non-hydrogen) atoms. The number of nitrogens with zero attached hydrogens (tertiary/aromatic N) is 1. The van der Waals surface area contributed by atoms with E-state index < -0.39 is 0 Å². The lowest BCUT2D eigenvalue weighted by Crippen LogP contribution is -2.09. The summed E-state index contributed by atoms with van der Waals surface area (Å²) in [5.41, 5.74) is 2.22. The quantitative estimate of drug-likeness (QED) is 0.544. The van der Waals surface area contributed by atoms with Crippen molar-refractivity contribution >= 4 is 11.8 Å². The number of nitriles is 1. The highest BCUT2D eigenvalue weighted by Crippen LogP contribution is 2.45. The molecular formula is C19H25NOS. The first-order chi connectivity index (χ1) is 10.8. The van der Waals surface area contributed by atoms with E-state index in [1.807, 2.05) is 0 Å². The molecule has 2 fully saturated rings. The Kier molecular flexibility index (Phi) is 5.31. The third-order valence-electron chi connectivity index (χ3n) is 5.40. The summed E-state index contributed by atoms with van der Waals surface area (Å²) in [6, 6.07) is 4.15. The normalized spacial score (nSPS) is 20.7. The van der Waals surface area contributed by atoms with Crippen LogP contribution in [0, 0.1) is 10.7 Å². The van der Waals surface area contributed by atoms with Crippen molar-refractivity contribution < 1.29 is 5.11 Å². The van der Waals surface area contributed by atoms with E-state index in [9.17, 15) is 5.11 Å². The predicted molar refractivity (Wildman–Crippen MR) is 91.2 cm³/mol. The summed E-state index contributed by atoms with van der Waals surface area (Å²) in [7, 11) is 0. The number of thioether (sulfide) groups is 1. The largest absolute Gasteiger partial charge is 0.507 e. The summed E-state index contributed by atoms with van der Waals surface area (Å²) >= 11 is 1.23. The summed E-state index contributed by atoms with van der Waals surface area (Å²) in [5.74, 6) is 1.51. The van der Waals surface area contributed by atoms with Crippen LogP contribution in [0.4, 0.5) is 0 Å². The molecule has 1 N–H and O–H groups in total. The first-order valence-corrected chi connectivity index (χ1v) is 9.54. The summed E-state index contributed by atoms with van der Waals surface area (Å²) in [4.78, 5) is 1.02. The lowest BCUT2D eigenvalue weighted by Gasteiger charge is -2.28. The van der Waals surface area contributed by atoms with Crippen molar-refractivity contribution in [3.8, 4) is 11.2 Å². The van der Waals surface area contributed by atoms with Crippen LogP contribution in [0.15, 0.2) is 17.0 Å². The van der Waals surface area contributed by atoms with E-state index in [1.54, 1.807) is 0 Å². The van der Waals surface area contributed by atoms with Gasteiger partial charge in [0.05, 0.1) is 0 Å². The summed E-state index contributed by atoms with van der Waals surface area (Å²) in [5, 5.41) is 22.1. The SMILES string of the molecule is N#CSc1cc(C2CCCCC2)c(O)c(C2CCCCC2)c1. The highest BCUT2D eigenvalue weighted by Gasteiger charge is 2.25. The minimum atomic E-state index is 0.482. The van der Waals surface area contributed by atoms with Crippen molar-refractivity contribution in [2.75, 3.05) is 0 Å². The molecule has 3 rings (SSSR count). The van der Waals surface area contributed by atoms with Gasteiger partial charge in [-0.2, -0.15) is 5.26 Å². The van der Waals surface area contributed by atoms with Gasteiger partial charge >= 0.3 is 0 Å². The highest BCUT2D eigenvalue weighted by atomic mass is 32.2. The average Bonchev–Trinajstić information content (AvgIpc) is 2.58. The van der Waals surface area contributed by atoms with Gasteiger partial charge in [0.25, 0.3) is 0 Å². The van der Waals surface area contributed by atoms with Crippen molar-refractivity contribution in [2.24, 2.45) is 0 Å². The van der Waals surface area contributed by atoms with Gasteiger partial charge in [-0.25, -0.2) is 0 Å². The lowest BCUT2D eigenvalue weighted by atomic mass is 9.79. The molecule has 0 amide bonds. The fourth-order valence-electron chi connectivity index (χ4n) is 4.21. The Balaban J connectivity index is 1.96. The number of rotatable bonds is 3. The second-order valence-corrected chi connectivity index (χ2v) is 7.67. The molecule has 1 aromatic carbocycles. The van der Waals surface area contributed by atoms with Crippen LogP contribution in [0.3, 0.4) is 0 Å². The number of thiocyanates is 1. The lowest BCUT2D eigenvalue weighted by molar-refractivity contribution is 0.392. The van der Waals surface area contributed by atoms with E-state index in [2.05, 4.69) is 17.5 Å². The van der Waals surface area contributed by atoms with E-state index in [0.717, 1.165) is 16.0 Å². The van der Waals surface area contributed by atoms with Crippen LogP contribution in [0.25, 0.3) is 0 Å². The van der Waals surface area contributed by atoms with E-state index in [-0.39, 0.29) is 0 Å². The third kappa shape index (κ3) is 3.43. The van der Waals surface area contributed by atoms with Crippen molar-refractivity contribution in [1.29, 1.82) is 5.26 Å². The molecule has 0 aliphatic heterocycles. The summed E-state index contributed by atoms with van der Waals surface area (Å²) in [6.45, 7) is 0. The van der Waals surface area contributed by atoms with Crippen LogP contribution in [-0.2, 0) is 0 Å². The Labute approximate surface area is 137 Å². The molecule has 0 saturated heterocycles. The topological polar surface area (TPSA) is 44.0 Å². The number of aromatic hydroxyl groups is 1. The zero-order valence-corrected chi connectivity index (χ0v) is 14.0. The number of hydrogen-bond donors (Lipinski definition) is 1. The fourth-order valence-corrected chi connectivity index (χ4v) is 4.69. The molecular weight excluding hydrogens is 290 g/mol. The molecule has 0 spiro atoms. The Morgan fingerprint density at radius 1 is 0.864 bits per heavy atom. The Bertz CT molecular complexity index is 512. The number of phenolic OH excluding ortho intramolecular Hbond substituents is 1. The molecule has 0 heterocycles. The fraction of sp³-hybridized carbons (Fsp3) is 0.632. The van der Waals surface area contributed by atoms with E-state index in [0.29, 0.717) is 17.6 Å². The highest BCUT2D eigenvalue weighted by molar-refractivity contribution is 8.03. The first-order valence-electron chi connectivity index (χ1n) is 8.72. The van der Waals surface area contributed by atoms with Gasteiger partial charge in [-0.05, 0) is 72.5 Å². The molecule has 0 atom stereocenters. The maximum absolute atomic E-state index is 10.9. The monoisotopic (exact) mass is 315 g/mol. The van der Waals surface area contributed by atoms with Gasteiger partial charge in [0.15, 0.2) is 0 Å². The maximum Gasteiger partial charge on any atom is 0.138 e. The second kappa shape index (κ2) is 7.42. The molecule has 0 unspecified atom stereocenters. The average molecular weight is 315 g/mol. The predicted octanol–water partition coefficient (Wildman–Crippen LogP) is 6.06. The minimum absolute atomic E-state index is 0.482. The Morgan fingerprint density at radius 2 is 1.32 bits per heavy atom. The van der Waals surface area contributed by atoms with Crippen molar-refractivity contribution in [3.05, 3.63) is 23.3 Å². The van der Waals surface area contributed by atoms with Crippen LogP contribution in [-0.4, -0.2) is 5.11 Å². The number of hydrogen-bond acceptors (Lipinski definition) is 3. The second-order valence-electron chi connectivity index (χ2n) is 6.81. The molecule has 1 aromatic rings. The minimum Gasteiger partial charge on any atom is -0.507 e. The first kappa shape index (κ1) is 15.7. The van der Waals surface area contributed by atoms with Crippen molar-refractivity contribution in [2.45, 2.75) is 80.9 Å². The van der Waals surface area contributed by atoms with Gasteiger partial charge in [-0.3, -0.25) is 0 Å². The van der Waals surface area contributed by atoms with Crippen LogP contribution >= 0.6 is 11.8 Å². The zero-order valence-electron chi connectivity index (χ0n) is 13.2. The van der Waals surface area contributed by atoms with Gasteiger partial charge in [0.2, 0.25) is 0 Å². The summed E-state index contributed by atoms with van der Waals surface area (Å²) < 4.78 is 0. The Hall–Kier alpha value is -1.14. The molecule has 0 bridgehead atoms. The molecule has 2 aliphatic carbocycles. The van der Waals surface area contributed by atoms with E-state index in [4.69, 9.17) is 5.26 Å². The molecule has 0 radical (unpaired) electrons. The standard InChI is InChI=1S/C19H25NOS/c20-13-22-16-11-17(14-7-3-1-4-8-14)19(21)18(12-16)15-9-5-2-6-10-15/h11-12,14-15,21H,1-10H2. The van der Waals surface area contributed by atoms with Gasteiger partial charge in [0, 0.05) is 4.90 Å².